The fraction of sp³-hybridized carbons (Fsp3) is 0.750. The molecule has 0 saturated carbocycles. The van der Waals surface area contributed by atoms with E-state index in [-0.39, 0.29) is 6.04 Å². The van der Waals surface area contributed by atoms with E-state index in [2.05, 4.69) is 24.1 Å². The molecule has 0 unspecified atom stereocenters. The van der Waals surface area contributed by atoms with Crippen LogP contribution in [-0.4, -0.2) is 61.2 Å². The highest BCUT2D eigenvalue weighted by Crippen LogP contribution is 2.27. The lowest BCUT2D eigenvalue weighted by atomic mass is 10.1. The summed E-state index contributed by atoms with van der Waals surface area (Å²) in [6.07, 6.45) is 4.92. The maximum atomic E-state index is 11.9. The molecule has 3 heterocycles. The van der Waals surface area contributed by atoms with Crippen LogP contribution >= 0.6 is 0 Å². The summed E-state index contributed by atoms with van der Waals surface area (Å²) in [6.45, 7) is 7.15. The number of nitrogens with zero attached hydrogens (tertiary/aromatic N) is 4. The van der Waals surface area contributed by atoms with E-state index in [0.29, 0.717) is 25.9 Å². The molecule has 1 aromatic rings. The third kappa shape index (κ3) is 3.80. The normalized spacial score (nSPS) is 19.4. The molecule has 0 atom stereocenters. The molecule has 0 amide bonds. The molecule has 1 aromatic heterocycles. The first-order valence-corrected chi connectivity index (χ1v) is 10.6. The molecule has 1 N–H and O–H groups in total. The number of rotatable bonds is 4. The maximum Gasteiger partial charge on any atom is 0.227 e. The van der Waals surface area contributed by atoms with E-state index in [1.54, 1.807) is 4.31 Å². The molecule has 0 radical (unpaired) electrons. The Morgan fingerprint density at radius 3 is 2.33 bits per heavy atom. The Hall–Kier alpha value is -1.41. The van der Waals surface area contributed by atoms with E-state index in [0.717, 1.165) is 36.1 Å². The van der Waals surface area contributed by atoms with Crippen molar-refractivity contribution in [3.63, 3.8) is 0 Å². The molecule has 1 fully saturated rings. The predicted molar refractivity (Wildman–Crippen MR) is 96.1 cm³/mol. The maximum absolute atomic E-state index is 11.9. The summed E-state index contributed by atoms with van der Waals surface area (Å²) in [7, 11) is -3.17. The highest BCUT2D eigenvalue weighted by molar-refractivity contribution is 7.88. The quantitative estimate of drug-likeness (QED) is 0.878. The number of fused-ring (bicyclic) bond motifs is 1. The van der Waals surface area contributed by atoms with Crippen LogP contribution in [-0.2, 0) is 22.9 Å². The Labute approximate surface area is 144 Å². The number of nitrogens with one attached hydrogen (secondary N) is 1. The van der Waals surface area contributed by atoms with Gasteiger partial charge in [-0.25, -0.2) is 17.7 Å². The van der Waals surface area contributed by atoms with Crippen molar-refractivity contribution >= 4 is 21.8 Å². The molecule has 0 aromatic carbocycles. The van der Waals surface area contributed by atoms with Crippen molar-refractivity contribution in [3.05, 3.63) is 11.3 Å². The lowest BCUT2D eigenvalue weighted by molar-refractivity contribution is 0.430. The second-order valence-electron chi connectivity index (χ2n) is 6.95. The third-order valence-electron chi connectivity index (χ3n) is 4.57. The number of sulfonamides is 1. The van der Waals surface area contributed by atoms with E-state index in [1.165, 1.54) is 19.1 Å². The topological polar surface area (TPSA) is 78.4 Å². The summed E-state index contributed by atoms with van der Waals surface area (Å²) >= 11 is 0. The standard InChI is InChI=1S/C16H27N5O2S/c1-12(2)17-15-13-6-10-21(24(3,22)23)11-7-14(13)18-16(19-15)20-8-4-5-9-20/h12H,4-11H2,1-3H3,(H,17,18,19). The van der Waals surface area contributed by atoms with E-state index in [9.17, 15) is 8.42 Å². The van der Waals surface area contributed by atoms with Crippen LogP contribution in [0.3, 0.4) is 0 Å². The Balaban J connectivity index is 1.96. The van der Waals surface area contributed by atoms with Gasteiger partial charge >= 0.3 is 0 Å². The second-order valence-corrected chi connectivity index (χ2v) is 8.94. The number of anilines is 2. The van der Waals surface area contributed by atoms with E-state index in [1.807, 2.05) is 0 Å². The molecule has 3 rings (SSSR count). The fourth-order valence-electron chi connectivity index (χ4n) is 3.35. The first-order chi connectivity index (χ1) is 11.3. The van der Waals surface area contributed by atoms with Crippen LogP contribution in [0.4, 0.5) is 11.8 Å². The van der Waals surface area contributed by atoms with Gasteiger partial charge in [-0.2, -0.15) is 4.98 Å². The summed E-state index contributed by atoms with van der Waals surface area (Å²) in [5.41, 5.74) is 2.05. The summed E-state index contributed by atoms with van der Waals surface area (Å²) in [5.74, 6) is 1.65. The van der Waals surface area contributed by atoms with Gasteiger partial charge in [0.1, 0.15) is 5.82 Å². The van der Waals surface area contributed by atoms with Gasteiger partial charge in [0, 0.05) is 44.2 Å². The van der Waals surface area contributed by atoms with Gasteiger partial charge in [0.15, 0.2) is 0 Å². The van der Waals surface area contributed by atoms with Crippen LogP contribution in [0.2, 0.25) is 0 Å². The molecule has 8 heteroatoms. The minimum atomic E-state index is -3.17. The van der Waals surface area contributed by atoms with Crippen molar-refractivity contribution in [1.82, 2.24) is 14.3 Å². The van der Waals surface area contributed by atoms with E-state index in [4.69, 9.17) is 9.97 Å². The van der Waals surface area contributed by atoms with Gasteiger partial charge in [0.25, 0.3) is 0 Å². The SMILES string of the molecule is CC(C)Nc1nc(N2CCCC2)nc2c1CCN(S(C)(=O)=O)CC2. The van der Waals surface area contributed by atoms with Crippen molar-refractivity contribution in [3.8, 4) is 0 Å². The lowest BCUT2D eigenvalue weighted by Crippen LogP contribution is -2.32. The van der Waals surface area contributed by atoms with Crippen LogP contribution < -0.4 is 10.2 Å². The number of hydrogen-bond donors (Lipinski definition) is 1. The smallest absolute Gasteiger partial charge is 0.227 e. The van der Waals surface area contributed by atoms with Crippen molar-refractivity contribution < 1.29 is 8.42 Å². The minimum Gasteiger partial charge on any atom is -0.367 e. The molecule has 0 aliphatic carbocycles. The van der Waals surface area contributed by atoms with Gasteiger partial charge in [-0.05, 0) is 33.1 Å². The van der Waals surface area contributed by atoms with Gasteiger partial charge in [0.05, 0.1) is 11.9 Å². The molecular weight excluding hydrogens is 326 g/mol. The van der Waals surface area contributed by atoms with Crippen molar-refractivity contribution in [2.75, 3.05) is 42.7 Å². The largest absolute Gasteiger partial charge is 0.367 e. The van der Waals surface area contributed by atoms with Crippen molar-refractivity contribution in [1.29, 1.82) is 0 Å². The molecule has 1 saturated heterocycles. The second kappa shape index (κ2) is 6.84. The Kier molecular flexibility index (Phi) is 4.96. The summed E-state index contributed by atoms with van der Waals surface area (Å²) < 4.78 is 25.3. The molecule has 7 nitrogen and oxygen atoms in total. The highest BCUT2D eigenvalue weighted by Gasteiger charge is 2.26. The molecule has 0 spiro atoms. The van der Waals surface area contributed by atoms with Crippen LogP contribution in [0, 0.1) is 0 Å². The molecule has 2 aliphatic rings. The summed E-state index contributed by atoms with van der Waals surface area (Å²) in [5, 5.41) is 3.43. The van der Waals surface area contributed by atoms with Crippen LogP contribution in [0.25, 0.3) is 0 Å². The molecule has 0 bridgehead atoms. The first-order valence-electron chi connectivity index (χ1n) is 8.71. The van der Waals surface area contributed by atoms with Crippen molar-refractivity contribution in [2.24, 2.45) is 0 Å². The third-order valence-corrected chi connectivity index (χ3v) is 5.88. The lowest BCUT2D eigenvalue weighted by Gasteiger charge is -2.21. The van der Waals surface area contributed by atoms with Crippen LogP contribution in [0.15, 0.2) is 0 Å². The molecule has 134 valence electrons. The number of hydrogen-bond acceptors (Lipinski definition) is 6. The monoisotopic (exact) mass is 353 g/mol. The first kappa shape index (κ1) is 17.4. The van der Waals surface area contributed by atoms with Crippen LogP contribution in [0.5, 0.6) is 0 Å². The highest BCUT2D eigenvalue weighted by atomic mass is 32.2. The molecular formula is C16H27N5O2S. The van der Waals surface area contributed by atoms with Gasteiger partial charge < -0.3 is 10.2 Å². The number of aromatic nitrogens is 2. The Morgan fingerprint density at radius 2 is 1.71 bits per heavy atom. The van der Waals surface area contributed by atoms with E-state index >= 15 is 0 Å². The molecule has 2 aliphatic heterocycles. The van der Waals surface area contributed by atoms with Gasteiger partial charge in [-0.1, -0.05) is 0 Å². The van der Waals surface area contributed by atoms with Gasteiger partial charge in [0.2, 0.25) is 16.0 Å². The van der Waals surface area contributed by atoms with Crippen molar-refractivity contribution in [2.45, 2.75) is 45.6 Å². The Morgan fingerprint density at radius 1 is 1.04 bits per heavy atom. The average Bonchev–Trinajstić information content (AvgIpc) is 2.92. The molecule has 24 heavy (non-hydrogen) atoms. The van der Waals surface area contributed by atoms with Crippen LogP contribution in [0.1, 0.15) is 37.9 Å². The zero-order valence-electron chi connectivity index (χ0n) is 14.7. The predicted octanol–water partition coefficient (Wildman–Crippen LogP) is 1.26. The zero-order valence-corrected chi connectivity index (χ0v) is 15.6. The van der Waals surface area contributed by atoms with Gasteiger partial charge in [-0.15, -0.1) is 0 Å². The average molecular weight is 353 g/mol. The summed E-state index contributed by atoms with van der Waals surface area (Å²) in [4.78, 5) is 11.8. The minimum absolute atomic E-state index is 0.268. The summed E-state index contributed by atoms with van der Waals surface area (Å²) in [6, 6.07) is 0.268. The zero-order chi connectivity index (χ0) is 17.3. The van der Waals surface area contributed by atoms with E-state index < -0.39 is 10.0 Å². The Bertz CT molecular complexity index is 699. The van der Waals surface area contributed by atoms with Gasteiger partial charge in [-0.3, -0.25) is 0 Å². The fourth-order valence-corrected chi connectivity index (χ4v) is 4.19.